The molecule has 0 atom stereocenters. The van der Waals surface area contributed by atoms with Gasteiger partial charge in [-0.05, 0) is 20.8 Å². The second-order valence-electron chi connectivity index (χ2n) is 3.30. The van der Waals surface area contributed by atoms with Crippen molar-refractivity contribution in [1.82, 2.24) is 5.48 Å². The summed E-state index contributed by atoms with van der Waals surface area (Å²) in [7, 11) is 0. The van der Waals surface area contributed by atoms with Crippen LogP contribution < -0.4 is 5.48 Å². The summed E-state index contributed by atoms with van der Waals surface area (Å²) in [5.41, 5.74) is 1.38. The van der Waals surface area contributed by atoms with E-state index in [1.54, 1.807) is 20.8 Å². The lowest BCUT2D eigenvalue weighted by Crippen LogP contribution is -2.31. The van der Waals surface area contributed by atoms with Crippen LogP contribution >= 0.6 is 0 Å². The van der Waals surface area contributed by atoms with Crippen LogP contribution in [0.4, 0.5) is 0 Å². The topological polar surface area (TPSA) is 55.4 Å². The van der Waals surface area contributed by atoms with Crippen LogP contribution in [0.5, 0.6) is 0 Å². The van der Waals surface area contributed by atoms with Crippen molar-refractivity contribution in [2.75, 3.05) is 0 Å². The molecule has 0 fully saturated rings. The summed E-state index contributed by atoms with van der Waals surface area (Å²) >= 11 is 0. The maximum atomic E-state index is 10.9. The van der Waals surface area contributed by atoms with Crippen LogP contribution in [-0.2, 0) is 14.4 Å². The van der Waals surface area contributed by atoms with Gasteiger partial charge < -0.3 is 4.84 Å². The van der Waals surface area contributed by atoms with Crippen molar-refractivity contribution in [1.29, 1.82) is 0 Å². The Morgan fingerprint density at radius 1 is 1.27 bits per heavy atom. The highest BCUT2D eigenvalue weighted by molar-refractivity contribution is 5.78. The van der Waals surface area contributed by atoms with Crippen LogP contribution in [-0.4, -0.2) is 11.9 Å². The van der Waals surface area contributed by atoms with Crippen molar-refractivity contribution >= 4 is 11.9 Å². The van der Waals surface area contributed by atoms with Gasteiger partial charge in [-0.25, -0.2) is 4.79 Å². The number of hydrogen-bond donors (Lipinski definition) is 1. The molecule has 0 aliphatic carbocycles. The molecule has 0 heterocycles. The molecule has 0 unspecified atom stereocenters. The molecule has 1 N–H and O–H groups in total. The first-order valence-corrected chi connectivity index (χ1v) is 3.32. The van der Waals surface area contributed by atoms with E-state index in [1.165, 1.54) is 6.92 Å². The Morgan fingerprint density at radius 2 is 1.73 bits per heavy atom. The van der Waals surface area contributed by atoms with Gasteiger partial charge in [-0.15, -0.1) is 0 Å². The average molecular weight is 159 g/mol. The zero-order chi connectivity index (χ0) is 9.07. The van der Waals surface area contributed by atoms with E-state index in [-0.39, 0.29) is 5.91 Å². The van der Waals surface area contributed by atoms with Gasteiger partial charge in [0.1, 0.15) is 0 Å². The Kier molecular flexibility index (Phi) is 3.04. The fourth-order valence-corrected chi connectivity index (χ4v) is 0.271. The minimum absolute atomic E-state index is 0.386. The molecule has 4 heteroatoms. The first-order valence-electron chi connectivity index (χ1n) is 3.32. The first-order chi connectivity index (χ1) is 4.84. The van der Waals surface area contributed by atoms with Gasteiger partial charge in [-0.2, -0.15) is 5.48 Å². The van der Waals surface area contributed by atoms with Gasteiger partial charge in [0.2, 0.25) is 5.91 Å². The molecule has 0 rings (SSSR count). The summed E-state index contributed by atoms with van der Waals surface area (Å²) in [6.07, 6.45) is 0. The van der Waals surface area contributed by atoms with E-state index in [0.29, 0.717) is 0 Å². The van der Waals surface area contributed by atoms with Crippen LogP contribution in [0.3, 0.4) is 0 Å². The number of hydroxylamine groups is 1. The van der Waals surface area contributed by atoms with Crippen LogP contribution in [0, 0.1) is 5.41 Å². The Hall–Kier alpha value is -1.06. The molecule has 11 heavy (non-hydrogen) atoms. The highest BCUT2D eigenvalue weighted by atomic mass is 16.7. The van der Waals surface area contributed by atoms with Gasteiger partial charge in [0.05, 0.1) is 5.41 Å². The number of carbonyl (C=O) groups excluding carboxylic acids is 2. The Morgan fingerprint density at radius 3 is 2.00 bits per heavy atom. The van der Waals surface area contributed by atoms with E-state index in [4.69, 9.17) is 0 Å². The maximum absolute atomic E-state index is 10.9. The molecule has 0 radical (unpaired) electrons. The molecular formula is C7H13NO3. The predicted octanol–water partition coefficient (Wildman–Crippen LogP) is 0.627. The van der Waals surface area contributed by atoms with Crippen LogP contribution in [0.2, 0.25) is 0 Å². The fourth-order valence-electron chi connectivity index (χ4n) is 0.271. The Balaban J connectivity index is 3.80. The number of hydrogen-bond acceptors (Lipinski definition) is 3. The van der Waals surface area contributed by atoms with Crippen molar-refractivity contribution in [3.8, 4) is 0 Å². The molecule has 0 spiro atoms. The van der Waals surface area contributed by atoms with Crippen molar-refractivity contribution in [2.24, 2.45) is 5.41 Å². The minimum Gasteiger partial charge on any atom is -0.340 e. The molecule has 0 saturated carbocycles. The number of amides is 1. The van der Waals surface area contributed by atoms with E-state index in [2.05, 4.69) is 4.84 Å². The Bertz CT molecular complexity index is 169. The number of nitrogens with one attached hydrogen (secondary N) is 1. The van der Waals surface area contributed by atoms with Gasteiger partial charge in [-0.3, -0.25) is 4.79 Å². The molecule has 0 aromatic heterocycles. The summed E-state index contributed by atoms with van der Waals surface area (Å²) in [6.45, 7) is 6.39. The summed E-state index contributed by atoms with van der Waals surface area (Å²) < 4.78 is 0. The van der Waals surface area contributed by atoms with Gasteiger partial charge in [0, 0.05) is 6.92 Å². The van der Waals surface area contributed by atoms with Crippen LogP contribution in [0.1, 0.15) is 27.7 Å². The first kappa shape index (κ1) is 9.94. The van der Waals surface area contributed by atoms with E-state index in [0.717, 1.165) is 0 Å². The monoisotopic (exact) mass is 159 g/mol. The molecule has 0 saturated heterocycles. The van der Waals surface area contributed by atoms with Crippen molar-refractivity contribution < 1.29 is 14.4 Å². The molecule has 0 aromatic rings. The quantitative estimate of drug-likeness (QED) is 0.527. The Labute approximate surface area is 65.9 Å². The normalized spacial score (nSPS) is 10.5. The summed E-state index contributed by atoms with van der Waals surface area (Å²) in [5, 5.41) is 0. The largest absolute Gasteiger partial charge is 0.340 e. The molecule has 0 bridgehead atoms. The third-order valence-corrected chi connectivity index (χ3v) is 0.900. The average Bonchev–Trinajstić information content (AvgIpc) is 1.80. The summed E-state index contributed by atoms with van der Waals surface area (Å²) in [6, 6.07) is 0. The zero-order valence-electron chi connectivity index (χ0n) is 7.22. The van der Waals surface area contributed by atoms with Crippen LogP contribution in [0.25, 0.3) is 0 Å². The standard InChI is InChI=1S/C7H13NO3/c1-5(9)8-11-6(10)7(2,3)4/h1-4H3,(H,8,9). The lowest BCUT2D eigenvalue weighted by molar-refractivity contribution is -0.165. The fraction of sp³-hybridized carbons (Fsp3) is 0.714. The van der Waals surface area contributed by atoms with Crippen molar-refractivity contribution in [3.63, 3.8) is 0 Å². The molecule has 64 valence electrons. The second-order valence-corrected chi connectivity index (χ2v) is 3.30. The van der Waals surface area contributed by atoms with E-state index >= 15 is 0 Å². The highest BCUT2D eigenvalue weighted by Crippen LogP contribution is 2.13. The van der Waals surface area contributed by atoms with E-state index < -0.39 is 11.4 Å². The molecule has 4 nitrogen and oxygen atoms in total. The van der Waals surface area contributed by atoms with Gasteiger partial charge in [-0.1, -0.05) is 0 Å². The van der Waals surface area contributed by atoms with E-state index in [9.17, 15) is 9.59 Å². The SMILES string of the molecule is CC(=O)NOC(=O)C(C)(C)C. The third-order valence-electron chi connectivity index (χ3n) is 0.900. The molecular weight excluding hydrogens is 146 g/mol. The maximum Gasteiger partial charge on any atom is 0.337 e. The molecule has 0 aliphatic rings. The zero-order valence-corrected chi connectivity index (χ0v) is 7.22. The van der Waals surface area contributed by atoms with Crippen molar-refractivity contribution in [3.05, 3.63) is 0 Å². The molecule has 0 aromatic carbocycles. The minimum atomic E-state index is -0.581. The smallest absolute Gasteiger partial charge is 0.337 e. The highest BCUT2D eigenvalue weighted by Gasteiger charge is 2.23. The van der Waals surface area contributed by atoms with Gasteiger partial charge >= 0.3 is 5.97 Å². The third kappa shape index (κ3) is 4.36. The summed E-state index contributed by atoms with van der Waals surface area (Å²) in [5.74, 6) is -0.838. The van der Waals surface area contributed by atoms with Crippen molar-refractivity contribution in [2.45, 2.75) is 27.7 Å². The number of rotatable bonds is 0. The van der Waals surface area contributed by atoms with Crippen LogP contribution in [0.15, 0.2) is 0 Å². The second kappa shape index (κ2) is 3.37. The molecule has 1 amide bonds. The van der Waals surface area contributed by atoms with Gasteiger partial charge in [0.15, 0.2) is 0 Å². The molecule has 0 aliphatic heterocycles. The van der Waals surface area contributed by atoms with E-state index in [1.807, 2.05) is 5.48 Å². The number of carbonyl (C=O) groups is 2. The summed E-state index contributed by atoms with van der Waals surface area (Å²) in [4.78, 5) is 25.6. The lowest BCUT2D eigenvalue weighted by atomic mass is 9.98. The predicted molar refractivity (Wildman–Crippen MR) is 39.4 cm³/mol. The van der Waals surface area contributed by atoms with Gasteiger partial charge in [0.25, 0.3) is 0 Å². The lowest BCUT2D eigenvalue weighted by Gasteiger charge is -2.14.